The highest BCUT2D eigenvalue weighted by Gasteiger charge is 2.29. The van der Waals surface area contributed by atoms with Crippen molar-refractivity contribution in [3.63, 3.8) is 0 Å². The van der Waals surface area contributed by atoms with E-state index in [0.717, 1.165) is 12.0 Å². The predicted molar refractivity (Wildman–Crippen MR) is 106 cm³/mol. The molecule has 0 aliphatic rings. The van der Waals surface area contributed by atoms with Crippen LogP contribution in [-0.2, 0) is 19.1 Å². The first-order valence-corrected chi connectivity index (χ1v) is 9.52. The fourth-order valence-corrected chi connectivity index (χ4v) is 2.60. The Morgan fingerprint density at radius 2 is 1.54 bits per heavy atom. The number of hydrogen-bond donors (Lipinski definition) is 0. The minimum absolute atomic E-state index is 0.147. The summed E-state index contributed by atoms with van der Waals surface area (Å²) in [6.07, 6.45) is 0.287. The van der Waals surface area contributed by atoms with Crippen molar-refractivity contribution in [2.75, 3.05) is 0 Å². The molecule has 0 spiro atoms. The van der Waals surface area contributed by atoms with Gasteiger partial charge in [-0.15, -0.1) is 0 Å². The van der Waals surface area contributed by atoms with Gasteiger partial charge in [0, 0.05) is 12.0 Å². The molecule has 0 aliphatic heterocycles. The summed E-state index contributed by atoms with van der Waals surface area (Å²) in [7, 11) is 0. The molecule has 0 aliphatic carbocycles. The Morgan fingerprint density at radius 3 is 2.11 bits per heavy atom. The van der Waals surface area contributed by atoms with Gasteiger partial charge in [0.2, 0.25) is 6.10 Å². The largest absolute Gasteiger partial charge is 0.442 e. The second kappa shape index (κ2) is 10.4. The topological polar surface area (TPSA) is 69.7 Å². The van der Waals surface area contributed by atoms with E-state index in [4.69, 9.17) is 9.47 Å². The molecule has 0 saturated carbocycles. The van der Waals surface area contributed by atoms with Crippen molar-refractivity contribution in [3.05, 3.63) is 71.3 Å². The molecule has 28 heavy (non-hydrogen) atoms. The van der Waals surface area contributed by atoms with Gasteiger partial charge >= 0.3 is 17.9 Å². The van der Waals surface area contributed by atoms with Crippen molar-refractivity contribution in [2.24, 2.45) is 0 Å². The second-order valence-electron chi connectivity index (χ2n) is 6.87. The number of rotatable bonds is 8. The predicted octanol–water partition coefficient (Wildman–Crippen LogP) is 4.97. The monoisotopic (exact) mass is 382 g/mol. The maximum Gasteiger partial charge on any atom is 0.359 e. The van der Waals surface area contributed by atoms with Crippen LogP contribution in [0.2, 0.25) is 0 Å². The van der Waals surface area contributed by atoms with Gasteiger partial charge in [-0.05, 0) is 30.0 Å². The minimum Gasteiger partial charge on any atom is -0.442 e. The molecule has 0 saturated heterocycles. The first-order valence-electron chi connectivity index (χ1n) is 9.52. The molecule has 0 bridgehead atoms. The van der Waals surface area contributed by atoms with E-state index in [0.29, 0.717) is 23.5 Å². The first kappa shape index (κ1) is 21.4. The lowest BCUT2D eigenvalue weighted by Gasteiger charge is -2.17. The number of ether oxygens (including phenoxy) is 2. The van der Waals surface area contributed by atoms with Crippen LogP contribution in [-0.4, -0.2) is 17.9 Å². The van der Waals surface area contributed by atoms with Gasteiger partial charge in [0.25, 0.3) is 0 Å². The summed E-state index contributed by atoms with van der Waals surface area (Å²) in [6, 6.07) is 15.6. The van der Waals surface area contributed by atoms with E-state index in [1.807, 2.05) is 19.1 Å². The number of esters is 3. The van der Waals surface area contributed by atoms with Gasteiger partial charge in [-0.2, -0.15) is 0 Å². The van der Waals surface area contributed by atoms with E-state index in [1.165, 1.54) is 0 Å². The molecule has 5 nitrogen and oxygen atoms in total. The van der Waals surface area contributed by atoms with Gasteiger partial charge in [0.15, 0.2) is 0 Å². The SMILES string of the molecule is CCCCC(=O)OC(=O)C(OC(=O)c1ccc(C(C)C)cc1)c1ccccc1. The standard InChI is InChI=1S/C23H26O5/c1-4-5-11-20(24)27-23(26)21(18-9-7-6-8-10-18)28-22(25)19-14-12-17(13-15-19)16(2)3/h6-10,12-16,21H,4-5,11H2,1-3H3. The van der Waals surface area contributed by atoms with E-state index < -0.39 is 24.0 Å². The summed E-state index contributed by atoms with van der Waals surface area (Å²) in [5.74, 6) is -1.82. The lowest BCUT2D eigenvalue weighted by molar-refractivity contribution is -0.166. The molecule has 1 atom stereocenters. The van der Waals surface area contributed by atoms with Crippen molar-refractivity contribution in [2.45, 2.75) is 52.1 Å². The molecule has 2 rings (SSSR count). The Morgan fingerprint density at radius 1 is 0.893 bits per heavy atom. The lowest BCUT2D eigenvalue weighted by Crippen LogP contribution is -2.24. The van der Waals surface area contributed by atoms with Crippen LogP contribution in [0.5, 0.6) is 0 Å². The third-order valence-electron chi connectivity index (χ3n) is 4.30. The summed E-state index contributed by atoms with van der Waals surface area (Å²) in [6.45, 7) is 6.06. The average Bonchev–Trinajstić information content (AvgIpc) is 2.70. The molecule has 0 N–H and O–H groups in total. The first-order chi connectivity index (χ1) is 13.4. The van der Waals surface area contributed by atoms with Crippen LogP contribution >= 0.6 is 0 Å². The Bertz CT molecular complexity index is 794. The molecule has 1 unspecified atom stereocenters. The molecule has 2 aromatic rings. The van der Waals surface area contributed by atoms with Gasteiger partial charge in [-0.25, -0.2) is 9.59 Å². The fourth-order valence-electron chi connectivity index (χ4n) is 2.60. The minimum atomic E-state index is -1.30. The summed E-state index contributed by atoms with van der Waals surface area (Å²) in [5, 5.41) is 0. The summed E-state index contributed by atoms with van der Waals surface area (Å²) >= 11 is 0. The van der Waals surface area contributed by atoms with E-state index in [2.05, 4.69) is 13.8 Å². The maximum absolute atomic E-state index is 12.6. The zero-order valence-corrected chi connectivity index (χ0v) is 16.5. The number of unbranched alkanes of at least 4 members (excludes halogenated alkanes) is 1. The molecule has 0 aromatic heterocycles. The molecular weight excluding hydrogens is 356 g/mol. The molecule has 0 radical (unpaired) electrons. The number of benzene rings is 2. The Hall–Kier alpha value is -2.95. The van der Waals surface area contributed by atoms with E-state index >= 15 is 0 Å². The number of carbonyl (C=O) groups is 3. The van der Waals surface area contributed by atoms with Crippen molar-refractivity contribution in [1.29, 1.82) is 0 Å². The van der Waals surface area contributed by atoms with Crippen LogP contribution in [0.15, 0.2) is 54.6 Å². The smallest absolute Gasteiger partial charge is 0.359 e. The maximum atomic E-state index is 12.6. The molecular formula is C23H26O5. The van der Waals surface area contributed by atoms with Crippen molar-refractivity contribution < 1.29 is 23.9 Å². The zero-order chi connectivity index (χ0) is 20.5. The fraction of sp³-hybridized carbons (Fsp3) is 0.348. The zero-order valence-electron chi connectivity index (χ0n) is 16.5. The van der Waals surface area contributed by atoms with Crippen LogP contribution < -0.4 is 0 Å². The van der Waals surface area contributed by atoms with Gasteiger partial charge in [0.1, 0.15) is 0 Å². The van der Waals surface area contributed by atoms with Gasteiger partial charge in [-0.1, -0.05) is 69.7 Å². The third kappa shape index (κ3) is 6.05. The van der Waals surface area contributed by atoms with Crippen LogP contribution in [0.4, 0.5) is 0 Å². The van der Waals surface area contributed by atoms with Crippen molar-refractivity contribution in [1.82, 2.24) is 0 Å². The van der Waals surface area contributed by atoms with Crippen LogP contribution in [0, 0.1) is 0 Å². The van der Waals surface area contributed by atoms with Crippen LogP contribution in [0.1, 0.15) is 73.5 Å². The highest BCUT2D eigenvalue weighted by atomic mass is 16.6. The molecule has 0 fully saturated rings. The highest BCUT2D eigenvalue weighted by molar-refractivity contribution is 5.94. The Labute approximate surface area is 165 Å². The van der Waals surface area contributed by atoms with Crippen LogP contribution in [0.3, 0.4) is 0 Å². The molecule has 2 aromatic carbocycles. The summed E-state index contributed by atoms with van der Waals surface area (Å²) in [4.78, 5) is 36.9. The summed E-state index contributed by atoms with van der Waals surface area (Å²) in [5.41, 5.74) is 1.87. The molecule has 0 amide bonds. The second-order valence-corrected chi connectivity index (χ2v) is 6.87. The van der Waals surface area contributed by atoms with Crippen molar-refractivity contribution in [3.8, 4) is 0 Å². The quantitative estimate of drug-likeness (QED) is 0.476. The molecule has 148 valence electrons. The lowest BCUT2D eigenvalue weighted by atomic mass is 10.0. The molecule has 0 heterocycles. The van der Waals surface area contributed by atoms with Gasteiger partial charge in [0.05, 0.1) is 5.56 Å². The normalized spacial score (nSPS) is 11.7. The van der Waals surface area contributed by atoms with E-state index in [9.17, 15) is 14.4 Å². The van der Waals surface area contributed by atoms with E-state index in [1.54, 1.807) is 42.5 Å². The highest BCUT2D eigenvalue weighted by Crippen LogP contribution is 2.22. The van der Waals surface area contributed by atoms with Crippen LogP contribution in [0.25, 0.3) is 0 Å². The van der Waals surface area contributed by atoms with Gasteiger partial charge < -0.3 is 9.47 Å². The summed E-state index contributed by atoms with van der Waals surface area (Å²) < 4.78 is 10.3. The van der Waals surface area contributed by atoms with E-state index in [-0.39, 0.29) is 6.42 Å². The van der Waals surface area contributed by atoms with Gasteiger partial charge in [-0.3, -0.25) is 4.79 Å². The Balaban J connectivity index is 2.16. The third-order valence-corrected chi connectivity index (χ3v) is 4.30. The van der Waals surface area contributed by atoms with Crippen molar-refractivity contribution >= 4 is 17.9 Å². The average molecular weight is 382 g/mol. The molecule has 5 heteroatoms. The number of carbonyl (C=O) groups excluding carboxylic acids is 3. The number of hydrogen-bond acceptors (Lipinski definition) is 5. The Kier molecular flexibility index (Phi) is 7.93.